The molecule has 0 aromatic heterocycles. The Hall–Kier alpha value is -1.35. The first-order valence-electron chi connectivity index (χ1n) is 6.57. The van der Waals surface area contributed by atoms with Gasteiger partial charge in [0.2, 0.25) is 0 Å². The molecule has 0 amide bonds. The Morgan fingerprint density at radius 3 is 2.58 bits per heavy atom. The predicted octanol–water partition coefficient (Wildman–Crippen LogP) is 4.30. The van der Waals surface area contributed by atoms with Crippen molar-refractivity contribution in [2.45, 2.75) is 18.5 Å². The van der Waals surface area contributed by atoms with Crippen molar-refractivity contribution in [1.82, 2.24) is 5.01 Å². The third-order valence-corrected chi connectivity index (χ3v) is 3.45. The van der Waals surface area contributed by atoms with E-state index < -0.39 is 25.1 Å². The molecule has 2 N–H and O–H groups in total. The van der Waals surface area contributed by atoms with E-state index in [0.29, 0.717) is 10.6 Å². The van der Waals surface area contributed by atoms with Gasteiger partial charge in [-0.3, -0.25) is 0 Å². The predicted molar refractivity (Wildman–Crippen MR) is 85.7 cm³/mol. The van der Waals surface area contributed by atoms with E-state index in [2.05, 4.69) is 16.3 Å². The van der Waals surface area contributed by atoms with Gasteiger partial charge >= 0.3 is 12.5 Å². The lowest BCUT2D eigenvalue weighted by atomic mass is 9.99. The smallest absolute Gasteiger partial charge is 0.315 e. The minimum atomic E-state index is -4.58. The summed E-state index contributed by atoms with van der Waals surface area (Å²) in [6.45, 7) is 2.55. The number of hydrogen-bond acceptors (Lipinski definition) is 3. The molecule has 0 aliphatic heterocycles. The maximum absolute atomic E-state index is 13.0. The molecular formula is C14H15Cl2F4N3O. The Labute approximate surface area is 146 Å². The highest BCUT2D eigenvalue weighted by atomic mass is 35.5. The molecule has 10 heteroatoms. The molecule has 1 rings (SSSR count). The standard InChI is InChI=1S/C14H15Cl2F4N3O/c1-2-22-8-23(21)6-9(7-24-14(19,20)13(17)18)11-4-3-10(15)5-12(11)16/h2-5,8-9,13H,1,6-7,21H2/b22-8-. The number of nitrogens with zero attached hydrogens (tertiary/aromatic N) is 2. The number of hydrazine groups is 1. The van der Waals surface area contributed by atoms with Gasteiger partial charge in [-0.05, 0) is 17.7 Å². The van der Waals surface area contributed by atoms with E-state index in [1.807, 2.05) is 0 Å². The molecule has 0 bridgehead atoms. The van der Waals surface area contributed by atoms with Crippen LogP contribution in [0, 0.1) is 0 Å². The molecule has 0 saturated heterocycles. The van der Waals surface area contributed by atoms with Crippen molar-refractivity contribution in [1.29, 1.82) is 0 Å². The van der Waals surface area contributed by atoms with Crippen molar-refractivity contribution in [3.63, 3.8) is 0 Å². The largest absolute Gasteiger partial charge is 0.416 e. The molecule has 0 saturated carbocycles. The molecule has 1 atom stereocenters. The second-order valence-corrected chi connectivity index (χ2v) is 5.52. The topological polar surface area (TPSA) is 50.8 Å². The molecule has 0 heterocycles. The van der Waals surface area contributed by atoms with Gasteiger partial charge < -0.3 is 9.75 Å². The van der Waals surface area contributed by atoms with Crippen LogP contribution >= 0.6 is 23.2 Å². The number of halogens is 6. The summed E-state index contributed by atoms with van der Waals surface area (Å²) in [5, 5.41) is 1.57. The van der Waals surface area contributed by atoms with E-state index >= 15 is 0 Å². The van der Waals surface area contributed by atoms with Gasteiger partial charge in [-0.2, -0.15) is 8.78 Å². The van der Waals surface area contributed by atoms with Crippen LogP contribution in [0.25, 0.3) is 0 Å². The van der Waals surface area contributed by atoms with Crippen molar-refractivity contribution in [3.8, 4) is 0 Å². The average molecular weight is 388 g/mol. The second kappa shape index (κ2) is 9.22. The number of nitrogens with two attached hydrogens (primary N) is 1. The number of hydrogen-bond donors (Lipinski definition) is 1. The minimum Gasteiger partial charge on any atom is -0.315 e. The Kier molecular flexibility index (Phi) is 7.95. The molecule has 0 radical (unpaired) electrons. The van der Waals surface area contributed by atoms with E-state index in [1.54, 1.807) is 0 Å². The van der Waals surface area contributed by atoms with Gasteiger partial charge in [0.15, 0.2) is 0 Å². The summed E-state index contributed by atoms with van der Waals surface area (Å²) < 4.78 is 54.6. The summed E-state index contributed by atoms with van der Waals surface area (Å²) in [5.74, 6) is 4.82. The highest BCUT2D eigenvalue weighted by Crippen LogP contribution is 2.31. The van der Waals surface area contributed by atoms with Crippen LogP contribution in [0.2, 0.25) is 10.0 Å². The third kappa shape index (κ3) is 6.27. The van der Waals surface area contributed by atoms with E-state index in [0.717, 1.165) is 5.01 Å². The van der Waals surface area contributed by atoms with Crippen LogP contribution in [-0.4, -0.2) is 37.0 Å². The molecule has 4 nitrogen and oxygen atoms in total. The Morgan fingerprint density at radius 1 is 1.38 bits per heavy atom. The van der Waals surface area contributed by atoms with Gasteiger partial charge in [-0.1, -0.05) is 35.8 Å². The molecule has 0 aliphatic carbocycles. The molecule has 134 valence electrons. The molecule has 24 heavy (non-hydrogen) atoms. The van der Waals surface area contributed by atoms with E-state index in [9.17, 15) is 17.6 Å². The number of ether oxygens (including phenoxy) is 1. The van der Waals surface area contributed by atoms with Crippen molar-refractivity contribution in [2.75, 3.05) is 13.2 Å². The van der Waals surface area contributed by atoms with Crippen LogP contribution in [0.4, 0.5) is 17.6 Å². The van der Waals surface area contributed by atoms with Gasteiger partial charge in [0, 0.05) is 28.7 Å². The second-order valence-electron chi connectivity index (χ2n) is 4.68. The zero-order valence-corrected chi connectivity index (χ0v) is 13.8. The average Bonchev–Trinajstić information content (AvgIpc) is 2.49. The summed E-state index contributed by atoms with van der Waals surface area (Å²) in [6, 6.07) is 4.37. The highest BCUT2D eigenvalue weighted by Gasteiger charge is 2.43. The molecule has 1 aromatic rings. The van der Waals surface area contributed by atoms with Gasteiger partial charge in [-0.15, -0.1) is 0 Å². The molecule has 1 aromatic carbocycles. The molecular weight excluding hydrogens is 373 g/mol. The lowest BCUT2D eigenvalue weighted by Gasteiger charge is -2.25. The minimum absolute atomic E-state index is 0.0714. The van der Waals surface area contributed by atoms with E-state index in [4.69, 9.17) is 29.0 Å². The zero-order chi connectivity index (χ0) is 18.3. The van der Waals surface area contributed by atoms with E-state index in [-0.39, 0.29) is 11.6 Å². The number of aliphatic imine (C=N–C) groups is 1. The summed E-state index contributed by atoms with van der Waals surface area (Å²) in [6.07, 6.45) is -6.12. The summed E-state index contributed by atoms with van der Waals surface area (Å²) >= 11 is 11.8. The van der Waals surface area contributed by atoms with Crippen LogP contribution in [0.1, 0.15) is 11.5 Å². The fourth-order valence-electron chi connectivity index (χ4n) is 1.78. The Morgan fingerprint density at radius 2 is 2.04 bits per heavy atom. The highest BCUT2D eigenvalue weighted by molar-refractivity contribution is 6.35. The van der Waals surface area contributed by atoms with Gasteiger partial charge in [0.05, 0.1) is 6.61 Å². The van der Waals surface area contributed by atoms with Crippen molar-refractivity contribution < 1.29 is 22.3 Å². The quantitative estimate of drug-likeness (QED) is 0.226. The van der Waals surface area contributed by atoms with Crippen molar-refractivity contribution in [3.05, 3.63) is 46.6 Å². The first kappa shape index (κ1) is 20.7. The fraction of sp³-hybridized carbons (Fsp3) is 0.357. The van der Waals surface area contributed by atoms with Crippen molar-refractivity contribution in [2.24, 2.45) is 10.8 Å². The maximum Gasteiger partial charge on any atom is 0.416 e. The van der Waals surface area contributed by atoms with Crippen molar-refractivity contribution >= 4 is 29.5 Å². The molecule has 0 fully saturated rings. The van der Waals surface area contributed by atoms with Gasteiger partial charge in [-0.25, -0.2) is 19.6 Å². The van der Waals surface area contributed by atoms with Crippen LogP contribution in [0.15, 0.2) is 36.0 Å². The molecule has 0 aliphatic rings. The van der Waals surface area contributed by atoms with Gasteiger partial charge in [0.1, 0.15) is 6.34 Å². The zero-order valence-electron chi connectivity index (χ0n) is 12.3. The van der Waals surface area contributed by atoms with Crippen LogP contribution < -0.4 is 5.84 Å². The molecule has 1 unspecified atom stereocenters. The SMILES string of the molecule is C=C/N=C\N(N)CC(COC(F)(F)C(F)F)c1ccc(Cl)cc1Cl. The monoisotopic (exact) mass is 387 g/mol. The summed E-state index contributed by atoms with van der Waals surface area (Å²) in [5.41, 5.74) is 0.369. The molecule has 0 spiro atoms. The lowest BCUT2D eigenvalue weighted by Crippen LogP contribution is -2.38. The van der Waals surface area contributed by atoms with Crippen LogP contribution in [-0.2, 0) is 4.74 Å². The maximum atomic E-state index is 13.0. The Balaban J connectivity index is 2.98. The third-order valence-electron chi connectivity index (χ3n) is 2.88. The van der Waals surface area contributed by atoms with Crippen LogP contribution in [0.5, 0.6) is 0 Å². The van der Waals surface area contributed by atoms with E-state index in [1.165, 1.54) is 30.7 Å². The lowest BCUT2D eigenvalue weighted by molar-refractivity contribution is -0.302. The first-order chi connectivity index (χ1) is 11.2. The Bertz CT molecular complexity index is 587. The number of benzene rings is 1. The number of alkyl halides is 4. The normalized spacial score (nSPS) is 13.5. The number of rotatable bonds is 9. The first-order valence-corrected chi connectivity index (χ1v) is 7.33. The van der Waals surface area contributed by atoms with Gasteiger partial charge in [0.25, 0.3) is 0 Å². The summed E-state index contributed by atoms with van der Waals surface area (Å²) in [7, 11) is 0. The fourth-order valence-corrected chi connectivity index (χ4v) is 2.35. The van der Waals surface area contributed by atoms with Crippen LogP contribution in [0.3, 0.4) is 0 Å². The summed E-state index contributed by atoms with van der Waals surface area (Å²) in [4.78, 5) is 3.67.